The first-order valence-electron chi connectivity index (χ1n) is 4.33. The van der Waals surface area contributed by atoms with E-state index in [1.807, 2.05) is 0 Å². The first kappa shape index (κ1) is 9.96. The molecular formula is C9H20N. The lowest BCUT2D eigenvalue weighted by Crippen LogP contribution is -2.08. The van der Waals surface area contributed by atoms with Crippen molar-refractivity contribution in [1.29, 1.82) is 0 Å². The maximum absolute atomic E-state index is 5.48. The minimum atomic E-state index is 0.846. The SMILES string of the molecule is C[CH]CC(CCC)CCN. The molecule has 0 saturated heterocycles. The van der Waals surface area contributed by atoms with E-state index in [4.69, 9.17) is 5.73 Å². The van der Waals surface area contributed by atoms with E-state index in [0.29, 0.717) is 0 Å². The lowest BCUT2D eigenvalue weighted by Gasteiger charge is -2.12. The van der Waals surface area contributed by atoms with Gasteiger partial charge in [-0.05, 0) is 31.7 Å². The second kappa shape index (κ2) is 7.07. The van der Waals surface area contributed by atoms with Crippen LogP contribution < -0.4 is 5.73 Å². The summed E-state index contributed by atoms with van der Waals surface area (Å²) in [7, 11) is 0. The third-order valence-electron chi connectivity index (χ3n) is 1.84. The maximum atomic E-state index is 5.48. The van der Waals surface area contributed by atoms with Gasteiger partial charge < -0.3 is 5.73 Å². The fourth-order valence-corrected chi connectivity index (χ4v) is 1.36. The van der Waals surface area contributed by atoms with Gasteiger partial charge in [-0.2, -0.15) is 0 Å². The Morgan fingerprint density at radius 2 is 2.10 bits per heavy atom. The molecule has 0 fully saturated rings. The van der Waals surface area contributed by atoms with Crippen molar-refractivity contribution in [2.24, 2.45) is 11.7 Å². The van der Waals surface area contributed by atoms with Crippen molar-refractivity contribution < 1.29 is 0 Å². The van der Waals surface area contributed by atoms with Crippen LogP contribution in [0, 0.1) is 12.3 Å². The van der Waals surface area contributed by atoms with Crippen LogP contribution in [0.15, 0.2) is 0 Å². The third-order valence-corrected chi connectivity index (χ3v) is 1.84. The second-order valence-electron chi connectivity index (χ2n) is 2.88. The maximum Gasteiger partial charge on any atom is -0.00746 e. The zero-order valence-corrected chi connectivity index (χ0v) is 7.27. The fraction of sp³-hybridized carbons (Fsp3) is 0.889. The van der Waals surface area contributed by atoms with Crippen molar-refractivity contribution in [3.63, 3.8) is 0 Å². The Labute approximate surface area is 65.0 Å². The highest BCUT2D eigenvalue weighted by atomic mass is 14.5. The topological polar surface area (TPSA) is 26.0 Å². The van der Waals surface area contributed by atoms with Gasteiger partial charge in [0, 0.05) is 0 Å². The number of rotatable bonds is 6. The summed E-state index contributed by atoms with van der Waals surface area (Å²) >= 11 is 0. The smallest absolute Gasteiger partial charge is 0.00746 e. The van der Waals surface area contributed by atoms with Crippen LogP contribution in [0.4, 0.5) is 0 Å². The largest absolute Gasteiger partial charge is 0.330 e. The van der Waals surface area contributed by atoms with Gasteiger partial charge in [0.15, 0.2) is 0 Å². The Morgan fingerprint density at radius 1 is 1.40 bits per heavy atom. The quantitative estimate of drug-likeness (QED) is 0.605. The van der Waals surface area contributed by atoms with Gasteiger partial charge in [-0.3, -0.25) is 0 Å². The second-order valence-corrected chi connectivity index (χ2v) is 2.88. The molecule has 61 valence electrons. The molecule has 0 saturated carbocycles. The molecular weight excluding hydrogens is 122 g/mol. The zero-order valence-electron chi connectivity index (χ0n) is 7.27. The molecule has 0 aromatic heterocycles. The van der Waals surface area contributed by atoms with Gasteiger partial charge in [-0.25, -0.2) is 0 Å². The first-order chi connectivity index (χ1) is 4.85. The summed E-state index contributed by atoms with van der Waals surface area (Å²) in [6.45, 7) is 5.21. The van der Waals surface area contributed by atoms with E-state index in [2.05, 4.69) is 20.3 Å². The Morgan fingerprint density at radius 3 is 2.50 bits per heavy atom. The molecule has 0 aromatic rings. The molecule has 2 N–H and O–H groups in total. The van der Waals surface area contributed by atoms with Crippen molar-refractivity contribution in [2.75, 3.05) is 6.54 Å². The molecule has 0 aliphatic heterocycles. The van der Waals surface area contributed by atoms with Crippen molar-refractivity contribution in [2.45, 2.75) is 39.5 Å². The van der Waals surface area contributed by atoms with E-state index < -0.39 is 0 Å². The molecule has 1 radical (unpaired) electrons. The predicted molar refractivity (Wildman–Crippen MR) is 46.7 cm³/mol. The van der Waals surface area contributed by atoms with Crippen LogP contribution in [-0.4, -0.2) is 6.54 Å². The number of hydrogen-bond acceptors (Lipinski definition) is 1. The summed E-state index contributed by atoms with van der Waals surface area (Å²) < 4.78 is 0. The minimum absolute atomic E-state index is 0.846. The monoisotopic (exact) mass is 142 g/mol. The molecule has 10 heavy (non-hydrogen) atoms. The fourth-order valence-electron chi connectivity index (χ4n) is 1.36. The molecule has 1 atom stereocenters. The molecule has 1 nitrogen and oxygen atoms in total. The lowest BCUT2D eigenvalue weighted by molar-refractivity contribution is 0.445. The van der Waals surface area contributed by atoms with Crippen LogP contribution in [0.5, 0.6) is 0 Å². The van der Waals surface area contributed by atoms with E-state index in [0.717, 1.165) is 12.5 Å². The summed E-state index contributed by atoms with van der Waals surface area (Å²) in [5.74, 6) is 0.847. The van der Waals surface area contributed by atoms with Gasteiger partial charge >= 0.3 is 0 Å². The van der Waals surface area contributed by atoms with Gasteiger partial charge in [0.1, 0.15) is 0 Å². The summed E-state index contributed by atoms with van der Waals surface area (Å²) in [5.41, 5.74) is 5.48. The van der Waals surface area contributed by atoms with Gasteiger partial charge in [-0.1, -0.05) is 26.7 Å². The standard InChI is InChI=1S/C9H20N/c1-3-5-9(6-4-2)7-8-10/h3,9H,4-8,10H2,1-2H3. The number of nitrogens with two attached hydrogens (primary N) is 1. The first-order valence-corrected chi connectivity index (χ1v) is 4.33. The molecule has 0 heterocycles. The Kier molecular flexibility index (Phi) is 7.04. The summed E-state index contributed by atoms with van der Waals surface area (Å²) in [6, 6.07) is 0. The molecule has 0 rings (SSSR count). The Bertz CT molecular complexity index is 47.5. The van der Waals surface area contributed by atoms with E-state index in [-0.39, 0.29) is 0 Å². The van der Waals surface area contributed by atoms with E-state index in [1.165, 1.54) is 25.7 Å². The third kappa shape index (κ3) is 4.80. The molecule has 0 amide bonds. The minimum Gasteiger partial charge on any atom is -0.330 e. The molecule has 0 spiro atoms. The van der Waals surface area contributed by atoms with Crippen LogP contribution in [0.1, 0.15) is 39.5 Å². The molecule has 1 unspecified atom stereocenters. The predicted octanol–water partition coefficient (Wildman–Crippen LogP) is 2.37. The van der Waals surface area contributed by atoms with Gasteiger partial charge in [0.25, 0.3) is 0 Å². The van der Waals surface area contributed by atoms with Crippen molar-refractivity contribution in [3.05, 3.63) is 6.42 Å². The molecule has 1 heteroatoms. The van der Waals surface area contributed by atoms with E-state index in [1.54, 1.807) is 0 Å². The van der Waals surface area contributed by atoms with Crippen LogP contribution >= 0.6 is 0 Å². The average molecular weight is 142 g/mol. The van der Waals surface area contributed by atoms with Crippen LogP contribution in [-0.2, 0) is 0 Å². The van der Waals surface area contributed by atoms with Crippen LogP contribution in [0.25, 0.3) is 0 Å². The molecule has 0 aliphatic rings. The van der Waals surface area contributed by atoms with Gasteiger partial charge in [-0.15, -0.1) is 0 Å². The van der Waals surface area contributed by atoms with Crippen molar-refractivity contribution in [1.82, 2.24) is 0 Å². The van der Waals surface area contributed by atoms with Gasteiger partial charge in [0.2, 0.25) is 0 Å². The summed E-state index contributed by atoms with van der Waals surface area (Å²) in [4.78, 5) is 0. The molecule has 0 aromatic carbocycles. The van der Waals surface area contributed by atoms with Crippen molar-refractivity contribution in [3.8, 4) is 0 Å². The lowest BCUT2D eigenvalue weighted by atomic mass is 9.95. The highest BCUT2D eigenvalue weighted by Crippen LogP contribution is 2.15. The van der Waals surface area contributed by atoms with Crippen molar-refractivity contribution >= 4 is 0 Å². The zero-order chi connectivity index (χ0) is 7.82. The van der Waals surface area contributed by atoms with Gasteiger partial charge in [0.05, 0.1) is 0 Å². The Hall–Kier alpha value is -0.0400. The molecule has 0 bridgehead atoms. The van der Waals surface area contributed by atoms with E-state index >= 15 is 0 Å². The van der Waals surface area contributed by atoms with Crippen LogP contribution in [0.3, 0.4) is 0 Å². The van der Waals surface area contributed by atoms with Crippen LogP contribution in [0.2, 0.25) is 0 Å². The highest BCUT2D eigenvalue weighted by Gasteiger charge is 2.03. The summed E-state index contributed by atoms with van der Waals surface area (Å²) in [6.07, 6.45) is 7.30. The number of hydrogen-bond donors (Lipinski definition) is 1. The average Bonchev–Trinajstić information content (AvgIpc) is 1.90. The normalized spacial score (nSPS) is 10.8. The molecule has 0 aliphatic carbocycles. The van der Waals surface area contributed by atoms with E-state index in [9.17, 15) is 0 Å². The summed E-state index contributed by atoms with van der Waals surface area (Å²) in [5, 5.41) is 0. The highest BCUT2D eigenvalue weighted by molar-refractivity contribution is 4.66. The Balaban J connectivity index is 3.30.